The van der Waals surface area contributed by atoms with E-state index in [-0.39, 0.29) is 30.7 Å². The largest absolute Gasteiger partial charge is 0.466 e. The molecule has 0 saturated heterocycles. The first-order valence-electron chi connectivity index (χ1n) is 11.0. The van der Waals surface area contributed by atoms with E-state index < -0.39 is 42.2 Å². The second kappa shape index (κ2) is 11.1. The van der Waals surface area contributed by atoms with Gasteiger partial charge in [-0.05, 0) is 60.9 Å². The molecule has 2 atom stereocenters. The molecule has 0 spiro atoms. The van der Waals surface area contributed by atoms with Crippen LogP contribution < -0.4 is 4.90 Å². The first-order chi connectivity index (χ1) is 17.3. The maximum absolute atomic E-state index is 13.4. The minimum atomic E-state index is -5.03. The van der Waals surface area contributed by atoms with E-state index in [0.717, 1.165) is 12.0 Å². The molecular formula is C24H23ClF6N2O4. The third-order valence-corrected chi connectivity index (χ3v) is 6.29. The lowest BCUT2D eigenvalue weighted by Crippen LogP contribution is -2.46. The lowest BCUT2D eigenvalue weighted by Gasteiger charge is -2.44. The van der Waals surface area contributed by atoms with E-state index >= 15 is 0 Å². The molecule has 1 amide bonds. The molecule has 2 aromatic carbocycles. The van der Waals surface area contributed by atoms with Gasteiger partial charge in [-0.1, -0.05) is 11.6 Å². The molecule has 0 fully saturated rings. The molecular weight excluding hydrogens is 530 g/mol. The van der Waals surface area contributed by atoms with Gasteiger partial charge >= 0.3 is 18.4 Å². The molecule has 0 radical (unpaired) electrons. The van der Waals surface area contributed by atoms with Gasteiger partial charge in [-0.3, -0.25) is 9.69 Å². The molecule has 0 N–H and O–H groups in total. The Balaban J connectivity index is 2.08. The lowest BCUT2D eigenvalue weighted by molar-refractivity contribution is -0.143. The van der Waals surface area contributed by atoms with Crippen molar-refractivity contribution in [3.05, 3.63) is 63.7 Å². The number of carbonyl (C=O) groups is 2. The van der Waals surface area contributed by atoms with Crippen molar-refractivity contribution in [1.29, 1.82) is 0 Å². The summed E-state index contributed by atoms with van der Waals surface area (Å²) in [4.78, 5) is 26.4. The Morgan fingerprint density at radius 1 is 1.11 bits per heavy atom. The van der Waals surface area contributed by atoms with Crippen molar-refractivity contribution in [2.24, 2.45) is 0 Å². The SMILES string of the molecule is COC(=O)N(Cc1cc(C(F)(F)F)cc(C(F)(F)F)c1)C1CC(C)N(CCOC=O)c2ccc(Cl)cc21. The number of halogens is 7. The number of alkyl halides is 6. The summed E-state index contributed by atoms with van der Waals surface area (Å²) in [5.74, 6) is 0. The van der Waals surface area contributed by atoms with Crippen molar-refractivity contribution in [1.82, 2.24) is 4.90 Å². The van der Waals surface area contributed by atoms with Crippen LogP contribution in [0.15, 0.2) is 36.4 Å². The van der Waals surface area contributed by atoms with E-state index in [1.54, 1.807) is 18.2 Å². The van der Waals surface area contributed by atoms with Crippen LogP contribution >= 0.6 is 11.6 Å². The zero-order valence-corrected chi connectivity index (χ0v) is 20.5. The van der Waals surface area contributed by atoms with Crippen LogP contribution in [-0.4, -0.2) is 43.8 Å². The summed E-state index contributed by atoms with van der Waals surface area (Å²) in [6.07, 6.45) is -10.8. The van der Waals surface area contributed by atoms with Crippen LogP contribution in [0.2, 0.25) is 5.02 Å². The number of anilines is 1. The fourth-order valence-corrected chi connectivity index (χ4v) is 4.61. The molecule has 13 heteroatoms. The van der Waals surface area contributed by atoms with Gasteiger partial charge in [-0.15, -0.1) is 0 Å². The molecule has 1 heterocycles. The van der Waals surface area contributed by atoms with Crippen molar-refractivity contribution in [3.63, 3.8) is 0 Å². The highest BCUT2D eigenvalue weighted by Gasteiger charge is 2.39. The summed E-state index contributed by atoms with van der Waals surface area (Å²) in [5, 5.41) is 0.311. The van der Waals surface area contributed by atoms with Crippen LogP contribution in [0.5, 0.6) is 0 Å². The van der Waals surface area contributed by atoms with E-state index in [1.807, 2.05) is 11.8 Å². The summed E-state index contributed by atoms with van der Waals surface area (Å²) in [5.41, 5.74) is -2.19. The quantitative estimate of drug-likeness (QED) is 0.224. The average Bonchev–Trinajstić information content (AvgIpc) is 2.82. The third kappa shape index (κ3) is 6.60. The van der Waals surface area contributed by atoms with Crippen molar-refractivity contribution in [3.8, 4) is 0 Å². The van der Waals surface area contributed by atoms with Crippen molar-refractivity contribution in [2.45, 2.75) is 44.3 Å². The fourth-order valence-electron chi connectivity index (χ4n) is 4.43. The van der Waals surface area contributed by atoms with Crippen LogP contribution in [0.3, 0.4) is 0 Å². The van der Waals surface area contributed by atoms with Crippen LogP contribution in [0.4, 0.5) is 36.8 Å². The van der Waals surface area contributed by atoms with Crippen LogP contribution in [0.1, 0.15) is 41.6 Å². The molecule has 0 saturated carbocycles. The van der Waals surface area contributed by atoms with Crippen molar-refractivity contribution < 1.29 is 45.4 Å². The maximum atomic E-state index is 13.4. The molecule has 0 aliphatic carbocycles. The van der Waals surface area contributed by atoms with Gasteiger partial charge in [-0.25, -0.2) is 4.79 Å². The van der Waals surface area contributed by atoms with E-state index in [9.17, 15) is 35.9 Å². The van der Waals surface area contributed by atoms with Gasteiger partial charge in [0.05, 0.1) is 30.8 Å². The minimum absolute atomic E-state index is 0.0308. The molecule has 202 valence electrons. The first-order valence-corrected chi connectivity index (χ1v) is 11.4. The molecule has 37 heavy (non-hydrogen) atoms. The molecule has 6 nitrogen and oxygen atoms in total. The predicted octanol–water partition coefficient (Wildman–Crippen LogP) is 6.46. The second-order valence-corrected chi connectivity index (χ2v) is 8.91. The van der Waals surface area contributed by atoms with Gasteiger partial charge in [0.15, 0.2) is 0 Å². The zero-order chi connectivity index (χ0) is 27.5. The number of hydrogen-bond donors (Lipinski definition) is 0. The lowest BCUT2D eigenvalue weighted by atomic mass is 9.90. The topological polar surface area (TPSA) is 59.1 Å². The van der Waals surface area contributed by atoms with Crippen LogP contribution in [-0.2, 0) is 33.2 Å². The normalized spacial score (nSPS) is 17.7. The summed E-state index contributed by atoms with van der Waals surface area (Å²) >= 11 is 6.20. The van der Waals surface area contributed by atoms with Gasteiger partial charge in [0.1, 0.15) is 6.61 Å². The molecule has 2 aromatic rings. The van der Waals surface area contributed by atoms with Crippen LogP contribution in [0.25, 0.3) is 0 Å². The van der Waals surface area contributed by atoms with Crippen molar-refractivity contribution >= 4 is 29.9 Å². The minimum Gasteiger partial charge on any atom is -0.466 e. The van der Waals surface area contributed by atoms with Gasteiger partial charge in [-0.2, -0.15) is 26.3 Å². The number of fused-ring (bicyclic) bond motifs is 1. The Morgan fingerprint density at radius 2 is 1.73 bits per heavy atom. The summed E-state index contributed by atoms with van der Waals surface area (Å²) in [6.45, 7) is 1.93. The first kappa shape index (κ1) is 28.4. The second-order valence-electron chi connectivity index (χ2n) is 8.48. The molecule has 1 aliphatic rings. The molecule has 0 bridgehead atoms. The van der Waals surface area contributed by atoms with Gasteiger partial charge in [0, 0.05) is 23.3 Å². The van der Waals surface area contributed by atoms with Gasteiger partial charge in [0.25, 0.3) is 6.47 Å². The third-order valence-electron chi connectivity index (χ3n) is 6.06. The highest BCUT2D eigenvalue weighted by molar-refractivity contribution is 6.30. The number of nitrogens with zero attached hydrogens (tertiary/aromatic N) is 2. The molecule has 2 unspecified atom stereocenters. The van der Waals surface area contributed by atoms with Gasteiger partial charge < -0.3 is 14.4 Å². The predicted molar refractivity (Wildman–Crippen MR) is 122 cm³/mol. The summed E-state index contributed by atoms with van der Waals surface area (Å²) in [7, 11) is 1.07. The standard InChI is InChI=1S/C24H23ClF6N2O4/c1-14-7-21(19-11-18(25)3-4-20(19)32(14)5-6-37-13-34)33(22(35)36-2)12-15-8-16(23(26,27)28)10-17(9-15)24(29,30)31/h3-4,8-11,13-14,21H,5-7,12H2,1-2H3. The van der Waals surface area contributed by atoms with Crippen LogP contribution in [0, 0.1) is 0 Å². The Bertz CT molecular complexity index is 1110. The smallest absolute Gasteiger partial charge is 0.416 e. The number of benzene rings is 2. The number of methoxy groups -OCH3 is 1. The summed E-state index contributed by atoms with van der Waals surface area (Å²) in [6, 6.07) is 5.01. The van der Waals surface area contributed by atoms with E-state index in [4.69, 9.17) is 21.1 Å². The number of carbonyl (C=O) groups excluding carboxylic acids is 2. The Morgan fingerprint density at radius 3 is 2.27 bits per heavy atom. The number of amides is 1. The highest BCUT2D eigenvalue weighted by Crippen LogP contribution is 2.43. The van der Waals surface area contributed by atoms with Gasteiger partial charge in [0.2, 0.25) is 0 Å². The number of hydrogen-bond acceptors (Lipinski definition) is 5. The fraction of sp³-hybridized carbons (Fsp3) is 0.417. The maximum Gasteiger partial charge on any atom is 0.416 e. The Labute approximate surface area is 213 Å². The number of rotatable bonds is 7. The monoisotopic (exact) mass is 552 g/mol. The Hall–Kier alpha value is -3.15. The molecule has 3 rings (SSSR count). The van der Waals surface area contributed by atoms with E-state index in [1.165, 1.54) is 0 Å². The summed E-state index contributed by atoms with van der Waals surface area (Å²) < 4.78 is 90.0. The zero-order valence-electron chi connectivity index (χ0n) is 19.7. The van der Waals surface area contributed by atoms with Crippen molar-refractivity contribution in [2.75, 3.05) is 25.2 Å². The van der Waals surface area contributed by atoms with E-state index in [2.05, 4.69) is 0 Å². The highest BCUT2D eigenvalue weighted by atomic mass is 35.5. The molecule has 1 aliphatic heterocycles. The average molecular weight is 553 g/mol. The van der Waals surface area contributed by atoms with E-state index in [0.29, 0.717) is 41.4 Å². The Kier molecular flexibility index (Phi) is 8.51. The molecule has 0 aromatic heterocycles. The number of ether oxygens (including phenoxy) is 2.